The number of hydrogen-bond donors (Lipinski definition) is 1. The van der Waals surface area contributed by atoms with Crippen LogP contribution in [0.5, 0.6) is 0 Å². The molecule has 2 atom stereocenters. The average Bonchev–Trinajstić information content (AvgIpc) is 2.46. The van der Waals surface area contributed by atoms with Gasteiger partial charge in [-0.2, -0.15) is 0 Å². The first-order valence-electron chi connectivity index (χ1n) is 8.16. The zero-order chi connectivity index (χ0) is 14.4. The molecule has 0 radical (unpaired) electrons. The van der Waals surface area contributed by atoms with E-state index in [0.29, 0.717) is 13.2 Å². The van der Waals surface area contributed by atoms with Gasteiger partial charge in [-0.25, -0.2) is 0 Å². The molecular weight excluding hydrogens is 250 g/mol. The van der Waals surface area contributed by atoms with Crippen molar-refractivity contribution in [3.05, 3.63) is 0 Å². The molecule has 20 heavy (non-hydrogen) atoms. The summed E-state index contributed by atoms with van der Waals surface area (Å²) in [7, 11) is 0. The summed E-state index contributed by atoms with van der Waals surface area (Å²) in [5.41, 5.74) is -0.408. The first-order valence-corrected chi connectivity index (χ1v) is 8.16. The molecule has 1 heterocycles. The molecule has 0 bridgehead atoms. The third kappa shape index (κ3) is 4.48. The maximum absolute atomic E-state index is 10.2. The highest BCUT2D eigenvalue weighted by Gasteiger charge is 2.31. The summed E-state index contributed by atoms with van der Waals surface area (Å²) in [6.07, 6.45) is 13.2. The number of ether oxygens (including phenoxy) is 1. The van der Waals surface area contributed by atoms with Gasteiger partial charge in [0.25, 0.3) is 0 Å². The SMILES string of the molecule is C#CC1(OC[C@H](O)CN2CCC[C@@H](C)C2)CCCCC1. The van der Waals surface area contributed by atoms with Crippen LogP contribution in [0.25, 0.3) is 0 Å². The van der Waals surface area contributed by atoms with E-state index in [-0.39, 0.29) is 0 Å². The molecule has 0 amide bonds. The van der Waals surface area contributed by atoms with E-state index in [2.05, 4.69) is 17.7 Å². The minimum atomic E-state index is -0.424. The summed E-state index contributed by atoms with van der Waals surface area (Å²) < 4.78 is 5.94. The third-order valence-electron chi connectivity index (χ3n) is 4.69. The lowest BCUT2D eigenvalue weighted by Crippen LogP contribution is -2.43. The first kappa shape index (κ1) is 15.8. The van der Waals surface area contributed by atoms with Gasteiger partial charge in [0, 0.05) is 13.1 Å². The highest BCUT2D eigenvalue weighted by Crippen LogP contribution is 2.31. The molecule has 114 valence electrons. The highest BCUT2D eigenvalue weighted by atomic mass is 16.5. The quantitative estimate of drug-likeness (QED) is 0.785. The Morgan fingerprint density at radius 2 is 2.10 bits per heavy atom. The van der Waals surface area contributed by atoms with Crippen molar-refractivity contribution in [3.8, 4) is 12.3 Å². The maximum Gasteiger partial charge on any atom is 0.128 e. The van der Waals surface area contributed by atoms with E-state index in [9.17, 15) is 5.11 Å². The third-order valence-corrected chi connectivity index (χ3v) is 4.69. The molecule has 2 fully saturated rings. The molecule has 2 rings (SSSR count). The van der Waals surface area contributed by atoms with Gasteiger partial charge in [-0.1, -0.05) is 19.3 Å². The minimum absolute atomic E-state index is 0.370. The lowest BCUT2D eigenvalue weighted by molar-refractivity contribution is -0.0712. The second-order valence-electron chi connectivity index (χ2n) is 6.67. The van der Waals surface area contributed by atoms with Crippen LogP contribution in [0.2, 0.25) is 0 Å². The van der Waals surface area contributed by atoms with Gasteiger partial charge >= 0.3 is 0 Å². The van der Waals surface area contributed by atoms with Crippen LogP contribution >= 0.6 is 0 Å². The summed E-state index contributed by atoms with van der Waals surface area (Å²) in [6, 6.07) is 0. The second-order valence-corrected chi connectivity index (χ2v) is 6.67. The zero-order valence-corrected chi connectivity index (χ0v) is 12.8. The number of β-amino-alcohol motifs (C(OH)–C–C–N with tert-alkyl or cyclic N) is 1. The van der Waals surface area contributed by atoms with Crippen molar-refractivity contribution in [2.24, 2.45) is 5.92 Å². The topological polar surface area (TPSA) is 32.7 Å². The predicted molar refractivity (Wildman–Crippen MR) is 81.4 cm³/mol. The lowest BCUT2D eigenvalue weighted by atomic mass is 9.85. The number of piperidine rings is 1. The summed E-state index contributed by atoms with van der Waals surface area (Å²) >= 11 is 0. The van der Waals surface area contributed by atoms with E-state index in [4.69, 9.17) is 11.2 Å². The zero-order valence-electron chi connectivity index (χ0n) is 12.8. The summed E-state index contributed by atoms with van der Waals surface area (Å²) in [5, 5.41) is 10.2. The van der Waals surface area contributed by atoms with Crippen LogP contribution in [0.15, 0.2) is 0 Å². The van der Waals surface area contributed by atoms with E-state index in [1.54, 1.807) is 0 Å². The Balaban J connectivity index is 1.73. The molecule has 0 aromatic carbocycles. The molecule has 1 saturated carbocycles. The van der Waals surface area contributed by atoms with E-state index in [1.165, 1.54) is 19.3 Å². The monoisotopic (exact) mass is 279 g/mol. The summed E-state index contributed by atoms with van der Waals surface area (Å²) in [6.45, 7) is 5.56. The van der Waals surface area contributed by atoms with Gasteiger partial charge in [-0.05, 0) is 51.0 Å². The van der Waals surface area contributed by atoms with Gasteiger partial charge in [0.15, 0.2) is 0 Å². The van der Waals surface area contributed by atoms with Crippen LogP contribution in [0.1, 0.15) is 51.9 Å². The molecule has 1 saturated heterocycles. The maximum atomic E-state index is 10.2. The number of likely N-dealkylation sites (tertiary alicyclic amines) is 1. The lowest BCUT2D eigenvalue weighted by Gasteiger charge is -2.35. The van der Waals surface area contributed by atoms with Crippen molar-refractivity contribution < 1.29 is 9.84 Å². The predicted octanol–water partition coefficient (Wildman–Crippen LogP) is 2.43. The van der Waals surface area contributed by atoms with E-state index in [1.807, 2.05) is 0 Å². The fourth-order valence-electron chi connectivity index (χ4n) is 3.51. The van der Waals surface area contributed by atoms with Gasteiger partial charge in [-0.15, -0.1) is 6.42 Å². The number of rotatable bonds is 5. The van der Waals surface area contributed by atoms with Crippen molar-refractivity contribution in [2.75, 3.05) is 26.2 Å². The number of aliphatic hydroxyl groups excluding tert-OH is 1. The largest absolute Gasteiger partial charge is 0.389 e. The van der Waals surface area contributed by atoms with Crippen LogP contribution in [-0.4, -0.2) is 48.0 Å². The molecule has 0 aromatic rings. The van der Waals surface area contributed by atoms with Crippen LogP contribution in [0.4, 0.5) is 0 Å². The second kappa shape index (κ2) is 7.45. The van der Waals surface area contributed by atoms with Gasteiger partial charge in [0.05, 0.1) is 12.7 Å². The molecule has 1 aliphatic carbocycles. The molecule has 0 spiro atoms. The van der Waals surface area contributed by atoms with E-state index < -0.39 is 11.7 Å². The Bertz CT molecular complexity index is 330. The van der Waals surface area contributed by atoms with Crippen LogP contribution in [0, 0.1) is 18.3 Å². The Hall–Kier alpha value is -0.560. The van der Waals surface area contributed by atoms with Gasteiger partial charge in [0.2, 0.25) is 0 Å². The van der Waals surface area contributed by atoms with E-state index in [0.717, 1.165) is 44.7 Å². The number of hydrogen-bond acceptors (Lipinski definition) is 3. The van der Waals surface area contributed by atoms with Crippen molar-refractivity contribution >= 4 is 0 Å². The summed E-state index contributed by atoms with van der Waals surface area (Å²) in [4.78, 5) is 2.35. The van der Waals surface area contributed by atoms with Gasteiger partial charge < -0.3 is 14.7 Å². The smallest absolute Gasteiger partial charge is 0.128 e. The Labute approximate surface area is 123 Å². The molecule has 0 aromatic heterocycles. The van der Waals surface area contributed by atoms with Crippen molar-refractivity contribution in [1.29, 1.82) is 0 Å². The average molecular weight is 279 g/mol. The molecule has 2 aliphatic rings. The van der Waals surface area contributed by atoms with Crippen molar-refractivity contribution in [1.82, 2.24) is 4.90 Å². The van der Waals surface area contributed by atoms with E-state index >= 15 is 0 Å². The van der Waals surface area contributed by atoms with Crippen LogP contribution < -0.4 is 0 Å². The number of terminal acetylenes is 1. The Morgan fingerprint density at radius 3 is 2.75 bits per heavy atom. The fraction of sp³-hybridized carbons (Fsp3) is 0.882. The molecule has 1 aliphatic heterocycles. The molecule has 3 nitrogen and oxygen atoms in total. The van der Waals surface area contributed by atoms with Gasteiger partial charge in [-0.3, -0.25) is 0 Å². The van der Waals surface area contributed by atoms with Crippen molar-refractivity contribution in [2.45, 2.75) is 63.6 Å². The van der Waals surface area contributed by atoms with Crippen LogP contribution in [0.3, 0.4) is 0 Å². The fourth-order valence-corrected chi connectivity index (χ4v) is 3.51. The normalized spacial score (nSPS) is 28.8. The highest BCUT2D eigenvalue weighted by molar-refractivity contribution is 5.09. The molecule has 3 heteroatoms. The summed E-state index contributed by atoms with van der Waals surface area (Å²) in [5.74, 6) is 3.58. The van der Waals surface area contributed by atoms with Crippen LogP contribution in [-0.2, 0) is 4.74 Å². The molecule has 0 unspecified atom stereocenters. The molecular formula is C17H29NO2. The number of nitrogens with zero attached hydrogens (tertiary/aromatic N) is 1. The Morgan fingerprint density at radius 1 is 1.35 bits per heavy atom. The molecule has 1 N–H and O–H groups in total. The van der Waals surface area contributed by atoms with Crippen molar-refractivity contribution in [3.63, 3.8) is 0 Å². The first-order chi connectivity index (χ1) is 9.63. The Kier molecular flexibility index (Phi) is 5.89. The minimum Gasteiger partial charge on any atom is -0.389 e. The number of aliphatic hydroxyl groups is 1. The standard InChI is InChI=1S/C17H29NO2/c1-3-17(9-5-4-6-10-17)20-14-16(19)13-18-11-7-8-15(2)12-18/h1,15-16,19H,4-14H2,2H3/t15-,16-/m1/s1. The van der Waals surface area contributed by atoms with Gasteiger partial charge in [0.1, 0.15) is 5.60 Å².